The molecule has 0 aliphatic heterocycles. The van der Waals surface area contributed by atoms with Crippen LogP contribution in [0.25, 0.3) is 0 Å². The zero-order chi connectivity index (χ0) is 29.6. The van der Waals surface area contributed by atoms with E-state index in [1.54, 1.807) is 25.7 Å². The van der Waals surface area contributed by atoms with E-state index in [1.165, 1.54) is 0 Å². The van der Waals surface area contributed by atoms with Crippen molar-refractivity contribution in [2.24, 2.45) is 5.73 Å². The van der Waals surface area contributed by atoms with Gasteiger partial charge in [-0.15, -0.1) is 0 Å². The quantitative estimate of drug-likeness (QED) is 0.390. The molecule has 0 saturated heterocycles. The summed E-state index contributed by atoms with van der Waals surface area (Å²) < 4.78 is 5.41. The van der Waals surface area contributed by atoms with Crippen LogP contribution in [0, 0.1) is 20.8 Å². The van der Waals surface area contributed by atoms with Gasteiger partial charge in [0, 0.05) is 18.2 Å². The minimum absolute atomic E-state index is 0.0182. The number of ether oxygens (including phenoxy) is 1. The van der Waals surface area contributed by atoms with Gasteiger partial charge in [-0.05, 0) is 90.0 Å². The van der Waals surface area contributed by atoms with Gasteiger partial charge in [-0.1, -0.05) is 42.0 Å². The number of hydrogen-bond donors (Lipinski definition) is 3. The normalized spacial score (nSPS) is 14.8. The molecule has 40 heavy (non-hydrogen) atoms. The van der Waals surface area contributed by atoms with Crippen LogP contribution in [0.15, 0.2) is 42.5 Å². The fourth-order valence-electron chi connectivity index (χ4n) is 4.82. The van der Waals surface area contributed by atoms with E-state index < -0.39 is 35.6 Å². The number of aryl methyl sites for hydroxylation is 3. The molecule has 1 aliphatic rings. The fraction of sp³-hybridized carbons (Fsp3) is 0.484. The first-order chi connectivity index (χ1) is 18.8. The molecule has 0 radical (unpaired) electrons. The molecule has 4 amide bonds. The van der Waals surface area contributed by atoms with Gasteiger partial charge in [0.1, 0.15) is 17.7 Å². The van der Waals surface area contributed by atoms with Crippen molar-refractivity contribution in [1.29, 1.82) is 0 Å². The van der Waals surface area contributed by atoms with E-state index in [0.29, 0.717) is 11.3 Å². The van der Waals surface area contributed by atoms with Gasteiger partial charge in [0.05, 0.1) is 0 Å². The zero-order valence-corrected chi connectivity index (χ0v) is 24.4. The van der Waals surface area contributed by atoms with E-state index in [4.69, 9.17) is 10.5 Å². The number of carbonyl (C=O) groups is 4. The van der Waals surface area contributed by atoms with Crippen LogP contribution in [0.3, 0.4) is 0 Å². The number of nitrogens with zero attached hydrogens (tertiary/aromatic N) is 1. The van der Waals surface area contributed by atoms with Gasteiger partial charge in [-0.25, -0.2) is 4.79 Å². The van der Waals surface area contributed by atoms with Crippen LogP contribution >= 0.6 is 0 Å². The Hall–Kier alpha value is -3.88. The average molecular weight is 551 g/mol. The van der Waals surface area contributed by atoms with E-state index in [2.05, 4.69) is 10.6 Å². The number of nitrogens with two attached hydrogens (primary N) is 1. The summed E-state index contributed by atoms with van der Waals surface area (Å²) in [5, 5.41) is 5.68. The molecule has 9 nitrogen and oxygen atoms in total. The average Bonchev–Trinajstić information content (AvgIpc) is 2.81. The predicted octanol–water partition coefficient (Wildman–Crippen LogP) is 4.83. The second-order valence-electron chi connectivity index (χ2n) is 11.6. The molecule has 1 aliphatic carbocycles. The van der Waals surface area contributed by atoms with Crippen molar-refractivity contribution in [2.75, 3.05) is 5.32 Å². The van der Waals surface area contributed by atoms with Crippen molar-refractivity contribution in [3.05, 3.63) is 64.7 Å². The summed E-state index contributed by atoms with van der Waals surface area (Å²) >= 11 is 0. The summed E-state index contributed by atoms with van der Waals surface area (Å²) in [6.07, 6.45) is 1.44. The lowest BCUT2D eigenvalue weighted by Gasteiger charge is -2.44. The number of primary amides is 1. The van der Waals surface area contributed by atoms with Gasteiger partial charge in [0.2, 0.25) is 11.8 Å². The number of alkyl carbamates (subject to hydrolysis) is 1. The van der Waals surface area contributed by atoms with Crippen LogP contribution in [-0.2, 0) is 19.1 Å². The second kappa shape index (κ2) is 13.0. The summed E-state index contributed by atoms with van der Waals surface area (Å²) in [4.78, 5) is 54.4. The number of amides is 4. The first kappa shape index (κ1) is 30.7. The van der Waals surface area contributed by atoms with Gasteiger partial charge in [0.25, 0.3) is 5.91 Å². The molecule has 216 valence electrons. The van der Waals surface area contributed by atoms with Crippen molar-refractivity contribution in [3.8, 4) is 0 Å². The number of para-hydroxylation sites is 1. The SMILES string of the molecule is Cc1ccc(C(C(=O)Nc2ccccc2C)N(C(=O)C(CCC(N)=O)NC(=O)OC(C)(C)C)C2CCC2)c(C)c1. The Bertz CT molecular complexity index is 1250. The highest BCUT2D eigenvalue weighted by Gasteiger charge is 2.42. The van der Waals surface area contributed by atoms with E-state index in [-0.39, 0.29) is 24.8 Å². The Balaban J connectivity index is 2.07. The van der Waals surface area contributed by atoms with Gasteiger partial charge >= 0.3 is 6.09 Å². The number of carbonyl (C=O) groups excluding carboxylic acids is 4. The van der Waals surface area contributed by atoms with Crippen LogP contribution < -0.4 is 16.4 Å². The lowest BCUT2D eigenvalue weighted by Crippen LogP contribution is -2.57. The fourth-order valence-corrected chi connectivity index (χ4v) is 4.82. The molecule has 2 unspecified atom stereocenters. The molecule has 2 aromatic carbocycles. The first-order valence-electron chi connectivity index (χ1n) is 13.8. The molecule has 0 heterocycles. The van der Waals surface area contributed by atoms with Crippen LogP contribution in [0.4, 0.5) is 10.5 Å². The summed E-state index contributed by atoms with van der Waals surface area (Å²) in [6.45, 7) is 11.0. The van der Waals surface area contributed by atoms with Crippen LogP contribution in [0.5, 0.6) is 0 Å². The van der Waals surface area contributed by atoms with Gasteiger partial charge in [-0.3, -0.25) is 14.4 Å². The maximum absolute atomic E-state index is 14.3. The molecule has 1 saturated carbocycles. The molecule has 3 rings (SSSR count). The smallest absolute Gasteiger partial charge is 0.408 e. The summed E-state index contributed by atoms with van der Waals surface area (Å²) in [5.74, 6) is -1.41. The van der Waals surface area contributed by atoms with Crippen molar-refractivity contribution >= 4 is 29.5 Å². The van der Waals surface area contributed by atoms with Gasteiger partial charge in [0.15, 0.2) is 0 Å². The van der Waals surface area contributed by atoms with E-state index >= 15 is 0 Å². The molecular formula is C31H42N4O5. The number of benzene rings is 2. The Kier molecular flexibility index (Phi) is 9.95. The topological polar surface area (TPSA) is 131 Å². The Morgan fingerprint density at radius 2 is 1.70 bits per heavy atom. The number of nitrogens with one attached hydrogen (secondary N) is 2. The molecular weight excluding hydrogens is 508 g/mol. The minimum Gasteiger partial charge on any atom is -0.444 e. The van der Waals surface area contributed by atoms with Crippen LogP contribution in [0.1, 0.15) is 81.2 Å². The highest BCUT2D eigenvalue weighted by molar-refractivity contribution is 5.99. The van der Waals surface area contributed by atoms with Crippen molar-refractivity contribution in [3.63, 3.8) is 0 Å². The largest absolute Gasteiger partial charge is 0.444 e. The molecule has 0 bridgehead atoms. The zero-order valence-electron chi connectivity index (χ0n) is 24.4. The second-order valence-corrected chi connectivity index (χ2v) is 11.6. The lowest BCUT2D eigenvalue weighted by atomic mass is 9.86. The molecule has 2 aromatic rings. The van der Waals surface area contributed by atoms with Crippen molar-refractivity contribution in [2.45, 2.75) is 97.4 Å². The first-order valence-corrected chi connectivity index (χ1v) is 13.8. The van der Waals surface area contributed by atoms with E-state index in [9.17, 15) is 19.2 Å². The highest BCUT2D eigenvalue weighted by atomic mass is 16.6. The van der Waals surface area contributed by atoms with E-state index in [0.717, 1.165) is 36.0 Å². The molecule has 1 fully saturated rings. The molecule has 9 heteroatoms. The highest BCUT2D eigenvalue weighted by Crippen LogP contribution is 2.36. The minimum atomic E-state index is -1.11. The Morgan fingerprint density at radius 3 is 2.25 bits per heavy atom. The third kappa shape index (κ3) is 8.07. The number of rotatable bonds is 10. The summed E-state index contributed by atoms with van der Waals surface area (Å²) in [5.41, 5.74) is 8.77. The molecule has 4 N–H and O–H groups in total. The third-order valence-corrected chi connectivity index (χ3v) is 7.04. The lowest BCUT2D eigenvalue weighted by molar-refractivity contribution is -0.146. The molecule has 2 atom stereocenters. The van der Waals surface area contributed by atoms with Crippen LogP contribution in [-0.4, -0.2) is 46.4 Å². The number of hydrogen-bond acceptors (Lipinski definition) is 5. The van der Waals surface area contributed by atoms with E-state index in [1.807, 2.05) is 63.2 Å². The van der Waals surface area contributed by atoms with Crippen molar-refractivity contribution in [1.82, 2.24) is 10.2 Å². The third-order valence-electron chi connectivity index (χ3n) is 7.04. The Morgan fingerprint density at radius 1 is 1.02 bits per heavy atom. The monoisotopic (exact) mass is 550 g/mol. The van der Waals surface area contributed by atoms with Gasteiger partial charge in [-0.2, -0.15) is 0 Å². The van der Waals surface area contributed by atoms with Crippen LogP contribution in [0.2, 0.25) is 0 Å². The Labute approximate surface area is 236 Å². The number of anilines is 1. The van der Waals surface area contributed by atoms with Crippen molar-refractivity contribution < 1.29 is 23.9 Å². The standard InChI is InChI=1S/C31H42N4O5/c1-19-14-15-23(21(3)18-19)27(28(37)33-24-13-8-7-10-20(24)2)35(22-11-9-12-22)29(38)25(16-17-26(32)36)34-30(39)40-31(4,5)6/h7-8,10,13-15,18,22,25,27H,9,11-12,16-17H2,1-6H3,(H2,32,36)(H,33,37)(H,34,39). The molecule has 0 aromatic heterocycles. The molecule has 0 spiro atoms. The summed E-state index contributed by atoms with van der Waals surface area (Å²) in [7, 11) is 0. The maximum Gasteiger partial charge on any atom is 0.408 e. The predicted molar refractivity (Wildman–Crippen MR) is 155 cm³/mol. The van der Waals surface area contributed by atoms with Gasteiger partial charge < -0.3 is 26.0 Å². The summed E-state index contributed by atoms with van der Waals surface area (Å²) in [6, 6.07) is 11.0. The maximum atomic E-state index is 14.3.